The first-order valence-corrected chi connectivity index (χ1v) is 6.25. The normalized spacial score (nSPS) is 11.5. The molecule has 0 amide bonds. The summed E-state index contributed by atoms with van der Waals surface area (Å²) in [5, 5.41) is 0.620. The van der Waals surface area contributed by atoms with E-state index in [4.69, 9.17) is 23.8 Å². The third-order valence-electron chi connectivity index (χ3n) is 2.56. The Morgan fingerprint density at radius 3 is 3.00 bits per heavy atom. The van der Waals surface area contributed by atoms with Gasteiger partial charge in [0.25, 0.3) is 0 Å². The van der Waals surface area contributed by atoms with Gasteiger partial charge in [-0.1, -0.05) is 11.6 Å². The van der Waals surface area contributed by atoms with Crippen LogP contribution < -0.4 is 0 Å². The first-order valence-electron chi connectivity index (χ1n) is 5.47. The van der Waals surface area contributed by atoms with Crippen LogP contribution in [0.2, 0.25) is 5.02 Å². The van der Waals surface area contributed by atoms with Crippen molar-refractivity contribution in [1.82, 2.24) is 19.4 Å². The number of fused-ring (bicyclic) bond motifs is 1. The fraction of sp³-hybridized carbons (Fsp3) is 0.455. The van der Waals surface area contributed by atoms with Gasteiger partial charge in [-0.2, -0.15) is 0 Å². The van der Waals surface area contributed by atoms with Gasteiger partial charge in [-0.15, -0.1) is 0 Å². The molecule has 0 fully saturated rings. The standard InChI is InChI=1S/C11H15ClN4S/c1-15(2)4-3-5-16-10-9(14-11(16)17)6-8(12)7-13-10/h6-7H,3-5H2,1-2H3,(H,14,17). The molecule has 0 radical (unpaired) electrons. The maximum atomic E-state index is 5.89. The molecule has 0 saturated heterocycles. The molecule has 0 atom stereocenters. The van der Waals surface area contributed by atoms with Crippen LogP contribution in [0.5, 0.6) is 0 Å². The third kappa shape index (κ3) is 2.86. The fourth-order valence-electron chi connectivity index (χ4n) is 1.77. The van der Waals surface area contributed by atoms with Crippen LogP contribution in [0.4, 0.5) is 0 Å². The van der Waals surface area contributed by atoms with Crippen molar-refractivity contribution < 1.29 is 0 Å². The van der Waals surface area contributed by atoms with E-state index in [2.05, 4.69) is 29.0 Å². The summed E-state index contributed by atoms with van der Waals surface area (Å²) < 4.78 is 2.72. The number of aromatic nitrogens is 3. The molecule has 2 rings (SSSR count). The minimum atomic E-state index is 0.620. The Labute approximate surface area is 110 Å². The molecular formula is C11H15ClN4S. The summed E-state index contributed by atoms with van der Waals surface area (Å²) in [5.41, 5.74) is 1.77. The number of aromatic amines is 1. The summed E-state index contributed by atoms with van der Waals surface area (Å²) >= 11 is 11.2. The number of pyridine rings is 1. The second kappa shape index (κ2) is 5.16. The maximum Gasteiger partial charge on any atom is 0.179 e. The monoisotopic (exact) mass is 270 g/mol. The quantitative estimate of drug-likeness (QED) is 0.868. The van der Waals surface area contributed by atoms with Gasteiger partial charge < -0.3 is 14.5 Å². The van der Waals surface area contributed by atoms with Crippen LogP contribution in [0.15, 0.2) is 12.3 Å². The average Bonchev–Trinajstić information content (AvgIpc) is 2.54. The summed E-state index contributed by atoms with van der Waals surface area (Å²) in [4.78, 5) is 9.60. The molecule has 0 bridgehead atoms. The molecule has 0 spiro atoms. The van der Waals surface area contributed by atoms with Crippen molar-refractivity contribution >= 4 is 35.0 Å². The van der Waals surface area contributed by atoms with Crippen molar-refractivity contribution in [2.24, 2.45) is 0 Å². The van der Waals surface area contributed by atoms with E-state index in [0.717, 1.165) is 30.7 Å². The number of hydrogen-bond acceptors (Lipinski definition) is 3. The molecular weight excluding hydrogens is 256 g/mol. The summed E-state index contributed by atoms with van der Waals surface area (Å²) in [5.74, 6) is 0. The minimum Gasteiger partial charge on any atom is -0.329 e. The summed E-state index contributed by atoms with van der Waals surface area (Å²) in [6.07, 6.45) is 2.69. The molecule has 2 aromatic rings. The zero-order chi connectivity index (χ0) is 12.4. The summed E-state index contributed by atoms with van der Waals surface area (Å²) in [7, 11) is 4.12. The van der Waals surface area contributed by atoms with Gasteiger partial charge in [-0.3, -0.25) is 0 Å². The van der Waals surface area contributed by atoms with Gasteiger partial charge in [0, 0.05) is 12.7 Å². The van der Waals surface area contributed by atoms with Crippen LogP contribution >= 0.6 is 23.8 Å². The smallest absolute Gasteiger partial charge is 0.179 e. The van der Waals surface area contributed by atoms with Crippen molar-refractivity contribution in [2.45, 2.75) is 13.0 Å². The Bertz CT molecular complexity index is 572. The third-order valence-corrected chi connectivity index (χ3v) is 3.09. The summed E-state index contributed by atoms with van der Waals surface area (Å²) in [6, 6.07) is 1.85. The van der Waals surface area contributed by atoms with Crippen LogP contribution in [0, 0.1) is 4.77 Å². The molecule has 0 saturated carbocycles. The van der Waals surface area contributed by atoms with Crippen LogP contribution in [0.3, 0.4) is 0 Å². The highest BCUT2D eigenvalue weighted by Crippen LogP contribution is 2.16. The van der Waals surface area contributed by atoms with Crippen LogP contribution in [-0.2, 0) is 6.54 Å². The second-order valence-corrected chi connectivity index (χ2v) is 5.09. The van der Waals surface area contributed by atoms with Crippen molar-refractivity contribution in [3.05, 3.63) is 22.1 Å². The molecule has 1 N–H and O–H groups in total. The molecule has 0 aliphatic carbocycles. The van der Waals surface area contributed by atoms with Crippen molar-refractivity contribution in [2.75, 3.05) is 20.6 Å². The minimum absolute atomic E-state index is 0.620. The molecule has 0 aliphatic heterocycles. The first-order chi connectivity index (χ1) is 8.08. The van der Waals surface area contributed by atoms with E-state index < -0.39 is 0 Å². The molecule has 17 heavy (non-hydrogen) atoms. The number of H-pyrrole nitrogens is 1. The van der Waals surface area contributed by atoms with E-state index in [1.54, 1.807) is 6.20 Å². The lowest BCUT2D eigenvalue weighted by molar-refractivity contribution is 0.387. The van der Waals surface area contributed by atoms with E-state index >= 15 is 0 Å². The lowest BCUT2D eigenvalue weighted by Crippen LogP contribution is -2.15. The van der Waals surface area contributed by atoms with E-state index in [-0.39, 0.29) is 0 Å². The predicted molar refractivity (Wildman–Crippen MR) is 73.1 cm³/mol. The van der Waals surface area contributed by atoms with Gasteiger partial charge in [0.15, 0.2) is 10.4 Å². The van der Waals surface area contributed by atoms with Crippen molar-refractivity contribution in [3.8, 4) is 0 Å². The van der Waals surface area contributed by atoms with Gasteiger partial charge in [0.2, 0.25) is 0 Å². The number of aryl methyl sites for hydroxylation is 1. The van der Waals surface area contributed by atoms with Crippen LogP contribution in [-0.4, -0.2) is 40.1 Å². The van der Waals surface area contributed by atoms with Crippen LogP contribution in [0.1, 0.15) is 6.42 Å². The largest absolute Gasteiger partial charge is 0.329 e. The highest BCUT2D eigenvalue weighted by atomic mass is 35.5. The SMILES string of the molecule is CN(C)CCCn1c(=S)[nH]c2cc(Cl)cnc21. The Morgan fingerprint density at radius 1 is 1.53 bits per heavy atom. The average molecular weight is 271 g/mol. The fourth-order valence-corrected chi connectivity index (χ4v) is 2.22. The molecule has 92 valence electrons. The number of nitrogens with one attached hydrogen (secondary N) is 1. The van der Waals surface area contributed by atoms with E-state index in [1.165, 1.54) is 0 Å². The second-order valence-electron chi connectivity index (χ2n) is 4.26. The van der Waals surface area contributed by atoms with Gasteiger partial charge in [-0.05, 0) is 45.3 Å². The van der Waals surface area contributed by atoms with E-state index in [1.807, 2.05) is 10.6 Å². The molecule has 2 aromatic heterocycles. The highest BCUT2D eigenvalue weighted by molar-refractivity contribution is 7.71. The van der Waals surface area contributed by atoms with E-state index in [9.17, 15) is 0 Å². The number of rotatable bonds is 4. The zero-order valence-corrected chi connectivity index (χ0v) is 11.5. The topological polar surface area (TPSA) is 36.9 Å². The van der Waals surface area contributed by atoms with Gasteiger partial charge in [0.05, 0.1) is 10.5 Å². The Balaban J connectivity index is 2.27. The Morgan fingerprint density at radius 2 is 2.29 bits per heavy atom. The number of imidazole rings is 1. The molecule has 0 aromatic carbocycles. The van der Waals surface area contributed by atoms with Gasteiger partial charge in [0.1, 0.15) is 0 Å². The molecule has 6 heteroatoms. The molecule has 0 aliphatic rings. The zero-order valence-electron chi connectivity index (χ0n) is 9.90. The highest BCUT2D eigenvalue weighted by Gasteiger charge is 2.06. The van der Waals surface area contributed by atoms with Crippen molar-refractivity contribution in [3.63, 3.8) is 0 Å². The summed E-state index contributed by atoms with van der Waals surface area (Å²) in [6.45, 7) is 1.90. The van der Waals surface area contributed by atoms with Gasteiger partial charge >= 0.3 is 0 Å². The first kappa shape index (κ1) is 12.5. The lowest BCUT2D eigenvalue weighted by Gasteiger charge is -2.09. The Hall–Kier alpha value is -0.910. The number of hydrogen-bond donors (Lipinski definition) is 1. The molecule has 4 nitrogen and oxygen atoms in total. The number of nitrogens with zero attached hydrogens (tertiary/aromatic N) is 3. The van der Waals surface area contributed by atoms with Crippen molar-refractivity contribution in [1.29, 1.82) is 0 Å². The van der Waals surface area contributed by atoms with Gasteiger partial charge in [-0.25, -0.2) is 4.98 Å². The van der Waals surface area contributed by atoms with Crippen LogP contribution in [0.25, 0.3) is 11.2 Å². The Kier molecular flexibility index (Phi) is 3.81. The molecule has 0 unspecified atom stereocenters. The predicted octanol–water partition coefficient (Wildman–Crippen LogP) is 2.70. The number of halogens is 1. The maximum absolute atomic E-state index is 5.89. The van der Waals surface area contributed by atoms with E-state index in [0.29, 0.717) is 9.79 Å². The molecule has 2 heterocycles. The lowest BCUT2D eigenvalue weighted by atomic mass is 10.4.